The maximum absolute atomic E-state index is 12.2. The molecule has 0 N–H and O–H groups in total. The maximum atomic E-state index is 12.2. The molecule has 4 saturated carbocycles. The highest BCUT2D eigenvalue weighted by Gasteiger charge is 2.58. The molecule has 0 heterocycles. The van der Waals surface area contributed by atoms with E-state index >= 15 is 0 Å². The Bertz CT molecular complexity index is 415. The monoisotopic (exact) mass is 276 g/mol. The molecule has 0 aromatic rings. The van der Waals surface area contributed by atoms with E-state index in [4.69, 9.17) is 4.74 Å². The number of carbonyl (C=O) groups is 1. The number of hydrogen-bond acceptors (Lipinski definition) is 2. The van der Waals surface area contributed by atoms with Gasteiger partial charge in [0.2, 0.25) is 0 Å². The van der Waals surface area contributed by atoms with Crippen molar-refractivity contribution in [3.63, 3.8) is 0 Å². The standard InChI is InChI=1S/C18H28O2/c1-11(2)17(19)20-18(12(3)4)15-6-5-13-7-14(9-15)10-16(18)8-13/h12-16H,1,5-10H2,2-4H3/t13?,14-,15?,16?,18?/m1/s1. The molecule has 0 amide bonds. The molecule has 4 unspecified atom stereocenters. The van der Waals surface area contributed by atoms with Gasteiger partial charge in [0.05, 0.1) is 0 Å². The fraction of sp³-hybridized carbons (Fsp3) is 0.833. The molecule has 4 aliphatic rings. The van der Waals surface area contributed by atoms with Gasteiger partial charge in [-0.15, -0.1) is 0 Å². The summed E-state index contributed by atoms with van der Waals surface area (Å²) in [5, 5.41) is 0. The molecule has 5 atom stereocenters. The van der Waals surface area contributed by atoms with E-state index in [1.165, 1.54) is 38.5 Å². The Morgan fingerprint density at radius 2 is 1.75 bits per heavy atom. The third kappa shape index (κ3) is 2.03. The van der Waals surface area contributed by atoms with Crippen LogP contribution in [0.4, 0.5) is 0 Å². The van der Waals surface area contributed by atoms with Gasteiger partial charge in [-0.1, -0.05) is 26.8 Å². The zero-order valence-corrected chi connectivity index (χ0v) is 13.2. The predicted molar refractivity (Wildman–Crippen MR) is 80.1 cm³/mol. The molecule has 2 heteroatoms. The maximum Gasteiger partial charge on any atom is 0.333 e. The minimum atomic E-state index is -0.221. The molecule has 4 aliphatic carbocycles. The van der Waals surface area contributed by atoms with Crippen molar-refractivity contribution in [2.24, 2.45) is 29.6 Å². The van der Waals surface area contributed by atoms with E-state index < -0.39 is 0 Å². The molecule has 4 bridgehead atoms. The average Bonchev–Trinajstić information content (AvgIpc) is 2.58. The molecule has 0 radical (unpaired) electrons. The third-order valence-electron chi connectivity index (χ3n) is 6.24. The van der Waals surface area contributed by atoms with Gasteiger partial charge in [0.25, 0.3) is 0 Å². The summed E-state index contributed by atoms with van der Waals surface area (Å²) in [5.74, 6) is 3.15. The van der Waals surface area contributed by atoms with Crippen LogP contribution in [0.2, 0.25) is 0 Å². The largest absolute Gasteiger partial charge is 0.455 e. The average molecular weight is 276 g/mol. The summed E-state index contributed by atoms with van der Waals surface area (Å²) in [7, 11) is 0. The Morgan fingerprint density at radius 1 is 1.10 bits per heavy atom. The van der Waals surface area contributed by atoms with Crippen LogP contribution in [0, 0.1) is 29.6 Å². The molecular formula is C18H28O2. The molecule has 112 valence electrons. The Morgan fingerprint density at radius 3 is 2.40 bits per heavy atom. The fourth-order valence-electron chi connectivity index (χ4n) is 5.54. The molecule has 4 fully saturated rings. The van der Waals surface area contributed by atoms with Gasteiger partial charge in [0, 0.05) is 5.57 Å². The second kappa shape index (κ2) is 4.89. The first-order chi connectivity index (χ1) is 9.43. The van der Waals surface area contributed by atoms with Crippen molar-refractivity contribution < 1.29 is 9.53 Å². The summed E-state index contributed by atoms with van der Waals surface area (Å²) >= 11 is 0. The van der Waals surface area contributed by atoms with Crippen LogP contribution >= 0.6 is 0 Å². The van der Waals surface area contributed by atoms with Crippen LogP contribution in [0.3, 0.4) is 0 Å². The van der Waals surface area contributed by atoms with Gasteiger partial charge in [-0.25, -0.2) is 4.79 Å². The van der Waals surface area contributed by atoms with Gasteiger partial charge >= 0.3 is 5.97 Å². The van der Waals surface area contributed by atoms with E-state index in [0.717, 1.165) is 11.8 Å². The van der Waals surface area contributed by atoms with Gasteiger partial charge in [-0.2, -0.15) is 0 Å². The topological polar surface area (TPSA) is 26.3 Å². The lowest BCUT2D eigenvalue weighted by molar-refractivity contribution is -0.196. The number of ether oxygens (including phenoxy) is 1. The summed E-state index contributed by atoms with van der Waals surface area (Å²) in [5.41, 5.74) is 0.319. The van der Waals surface area contributed by atoms with Gasteiger partial charge in [0.15, 0.2) is 0 Å². The first-order valence-electron chi connectivity index (χ1n) is 8.32. The van der Waals surface area contributed by atoms with Crippen molar-refractivity contribution in [3.8, 4) is 0 Å². The summed E-state index contributed by atoms with van der Waals surface area (Å²) in [6, 6.07) is 0. The zero-order valence-electron chi connectivity index (χ0n) is 13.2. The zero-order chi connectivity index (χ0) is 14.5. The van der Waals surface area contributed by atoms with Crippen LogP contribution in [0.25, 0.3) is 0 Å². The molecule has 0 aliphatic heterocycles. The van der Waals surface area contributed by atoms with Gasteiger partial charge < -0.3 is 4.74 Å². The van der Waals surface area contributed by atoms with E-state index in [2.05, 4.69) is 20.4 Å². The van der Waals surface area contributed by atoms with Crippen LogP contribution in [0.5, 0.6) is 0 Å². The van der Waals surface area contributed by atoms with Crippen LogP contribution in [0.15, 0.2) is 12.2 Å². The van der Waals surface area contributed by atoms with Crippen LogP contribution in [0.1, 0.15) is 59.3 Å². The van der Waals surface area contributed by atoms with Crippen LogP contribution < -0.4 is 0 Å². The number of rotatable bonds is 3. The lowest BCUT2D eigenvalue weighted by Gasteiger charge is -2.54. The number of esters is 1. The molecule has 2 nitrogen and oxygen atoms in total. The number of fused-ring (bicyclic) bond motifs is 1. The summed E-state index contributed by atoms with van der Waals surface area (Å²) in [6.45, 7) is 10.0. The molecule has 0 saturated heterocycles. The van der Waals surface area contributed by atoms with Crippen LogP contribution in [-0.4, -0.2) is 11.6 Å². The fourth-order valence-corrected chi connectivity index (χ4v) is 5.54. The highest BCUT2D eigenvalue weighted by atomic mass is 16.6. The first-order valence-corrected chi connectivity index (χ1v) is 8.32. The minimum Gasteiger partial charge on any atom is -0.455 e. The Kier molecular flexibility index (Phi) is 3.46. The third-order valence-corrected chi connectivity index (χ3v) is 6.24. The summed E-state index contributed by atoms with van der Waals surface area (Å²) in [6.07, 6.45) is 7.84. The van der Waals surface area contributed by atoms with E-state index in [1.54, 1.807) is 6.92 Å². The van der Waals surface area contributed by atoms with Crippen molar-refractivity contribution in [2.45, 2.75) is 64.9 Å². The smallest absolute Gasteiger partial charge is 0.333 e. The second-order valence-corrected chi connectivity index (χ2v) is 7.82. The van der Waals surface area contributed by atoms with E-state index in [-0.39, 0.29) is 11.6 Å². The van der Waals surface area contributed by atoms with E-state index in [1.807, 2.05) is 0 Å². The lowest BCUT2D eigenvalue weighted by atomic mass is 9.56. The van der Waals surface area contributed by atoms with E-state index in [9.17, 15) is 4.79 Å². The molecule has 0 aromatic heterocycles. The summed E-state index contributed by atoms with van der Waals surface area (Å²) in [4.78, 5) is 12.2. The quantitative estimate of drug-likeness (QED) is 0.566. The van der Waals surface area contributed by atoms with Crippen molar-refractivity contribution in [1.29, 1.82) is 0 Å². The number of hydrogen-bond donors (Lipinski definition) is 0. The van der Waals surface area contributed by atoms with Crippen LogP contribution in [-0.2, 0) is 9.53 Å². The molecule has 4 rings (SSSR count). The highest BCUT2D eigenvalue weighted by molar-refractivity contribution is 5.87. The molecule has 0 spiro atoms. The van der Waals surface area contributed by atoms with Gasteiger partial charge in [-0.3, -0.25) is 0 Å². The second-order valence-electron chi connectivity index (χ2n) is 7.82. The van der Waals surface area contributed by atoms with Crippen molar-refractivity contribution >= 4 is 5.97 Å². The Balaban J connectivity index is 1.96. The first kappa shape index (κ1) is 14.2. The normalized spacial score (nSPS) is 42.6. The Labute approximate surface area is 123 Å². The molecule has 0 aromatic carbocycles. The highest BCUT2D eigenvalue weighted by Crippen LogP contribution is 2.59. The lowest BCUT2D eigenvalue weighted by Crippen LogP contribution is -2.57. The van der Waals surface area contributed by atoms with Crippen molar-refractivity contribution in [3.05, 3.63) is 12.2 Å². The summed E-state index contributed by atoms with van der Waals surface area (Å²) < 4.78 is 6.18. The number of carbonyl (C=O) groups excluding carboxylic acids is 1. The van der Waals surface area contributed by atoms with Crippen molar-refractivity contribution in [1.82, 2.24) is 0 Å². The minimum absolute atomic E-state index is 0.175. The van der Waals surface area contributed by atoms with Gasteiger partial charge in [0.1, 0.15) is 5.60 Å². The SMILES string of the molecule is C=C(C)C(=O)OC1(C(C)C)C2CCC3CC1C[C@H](C3)C2. The predicted octanol–water partition coefficient (Wildman–Crippen LogP) is 4.35. The van der Waals surface area contributed by atoms with Gasteiger partial charge in [-0.05, 0) is 68.6 Å². The molecular weight excluding hydrogens is 248 g/mol. The van der Waals surface area contributed by atoms with Crippen molar-refractivity contribution in [2.75, 3.05) is 0 Å². The van der Waals surface area contributed by atoms with E-state index in [0.29, 0.717) is 23.3 Å². The Hall–Kier alpha value is -0.790. The molecule has 20 heavy (non-hydrogen) atoms.